The second kappa shape index (κ2) is 10.1. The lowest BCUT2D eigenvalue weighted by molar-refractivity contribution is 0.450. The normalized spacial score (nSPS) is 12.4. The molecule has 0 fully saturated rings. The zero-order valence-electron chi connectivity index (χ0n) is 23.9. The van der Waals surface area contributed by atoms with E-state index in [4.69, 9.17) is 4.74 Å². The third-order valence-electron chi connectivity index (χ3n) is 6.93. The first-order valence-electron chi connectivity index (χ1n) is 13.2. The highest BCUT2D eigenvalue weighted by Crippen LogP contribution is 2.55. The molecular formula is C34H40NO2P. The summed E-state index contributed by atoms with van der Waals surface area (Å²) in [7, 11) is -2.97. The third kappa shape index (κ3) is 5.18. The minimum absolute atomic E-state index is 0.248. The van der Waals surface area contributed by atoms with E-state index in [1.54, 1.807) is 0 Å². The fourth-order valence-corrected chi connectivity index (χ4v) is 8.91. The maximum atomic E-state index is 12.1. The third-order valence-corrected chi connectivity index (χ3v) is 10.6. The van der Waals surface area contributed by atoms with Gasteiger partial charge in [-0.15, -0.1) is 0 Å². The molecule has 0 aliphatic heterocycles. The highest BCUT2D eigenvalue weighted by atomic mass is 31.2. The van der Waals surface area contributed by atoms with Crippen molar-refractivity contribution in [2.24, 2.45) is 4.74 Å². The molecule has 4 aromatic rings. The number of aryl methyl sites for hydroxylation is 2. The molecule has 0 radical (unpaired) electrons. The summed E-state index contributed by atoms with van der Waals surface area (Å²) in [5, 5.41) is 26.6. The molecule has 0 saturated carbocycles. The second-order valence-electron chi connectivity index (χ2n) is 12.3. The predicted molar refractivity (Wildman–Crippen MR) is 164 cm³/mol. The number of phenols is 2. The van der Waals surface area contributed by atoms with Gasteiger partial charge in [-0.05, 0) is 60.1 Å². The molecule has 0 aliphatic rings. The molecule has 38 heavy (non-hydrogen) atoms. The van der Waals surface area contributed by atoms with Crippen molar-refractivity contribution in [3.05, 3.63) is 107 Å². The second-order valence-corrected chi connectivity index (χ2v) is 15.2. The van der Waals surface area contributed by atoms with E-state index in [0.29, 0.717) is 0 Å². The zero-order valence-corrected chi connectivity index (χ0v) is 24.8. The standard InChI is InChI=1S/C34H40NO2P/c1-23-19-27(33(3,4)5)31(36)29(21-23)38(26-17-13-10-14-18-26,35-25-15-11-9-12-16-25)30-22-24(2)20-28(32(30)37)34(6,7)8/h9-22,36-37H,1-8H3. The van der Waals surface area contributed by atoms with Crippen molar-refractivity contribution in [2.75, 3.05) is 0 Å². The van der Waals surface area contributed by atoms with Gasteiger partial charge < -0.3 is 10.2 Å². The van der Waals surface area contributed by atoms with Gasteiger partial charge in [0.1, 0.15) is 11.5 Å². The van der Waals surface area contributed by atoms with Crippen molar-refractivity contribution in [3.63, 3.8) is 0 Å². The minimum Gasteiger partial charge on any atom is -0.507 e. The van der Waals surface area contributed by atoms with Gasteiger partial charge in [-0.25, -0.2) is 0 Å². The van der Waals surface area contributed by atoms with Crippen LogP contribution in [0.1, 0.15) is 63.8 Å². The smallest absolute Gasteiger partial charge is 0.129 e. The Bertz CT molecular complexity index is 1440. The molecule has 4 rings (SSSR count). The fraction of sp³-hybridized carbons (Fsp3) is 0.294. The Morgan fingerprint density at radius 1 is 0.579 bits per heavy atom. The molecule has 0 bridgehead atoms. The van der Waals surface area contributed by atoms with E-state index in [2.05, 4.69) is 91.8 Å². The maximum absolute atomic E-state index is 12.1. The Hall–Kier alpha value is -3.29. The van der Waals surface area contributed by atoms with Gasteiger partial charge in [-0.1, -0.05) is 102 Å². The quantitative estimate of drug-likeness (QED) is 0.264. The lowest BCUT2D eigenvalue weighted by Gasteiger charge is -2.33. The van der Waals surface area contributed by atoms with Crippen molar-refractivity contribution in [2.45, 2.75) is 66.2 Å². The van der Waals surface area contributed by atoms with Gasteiger partial charge in [0, 0.05) is 27.0 Å². The van der Waals surface area contributed by atoms with Crippen LogP contribution < -0.4 is 15.9 Å². The zero-order chi connectivity index (χ0) is 27.9. The van der Waals surface area contributed by atoms with Gasteiger partial charge in [0.15, 0.2) is 0 Å². The van der Waals surface area contributed by atoms with E-state index < -0.39 is 7.05 Å². The first-order chi connectivity index (χ1) is 17.7. The van der Waals surface area contributed by atoms with Crippen LogP contribution in [0, 0.1) is 13.8 Å². The van der Waals surface area contributed by atoms with E-state index in [-0.39, 0.29) is 22.3 Å². The monoisotopic (exact) mass is 525 g/mol. The van der Waals surface area contributed by atoms with Crippen LogP contribution in [-0.2, 0) is 10.8 Å². The van der Waals surface area contributed by atoms with Crippen LogP contribution >= 0.6 is 7.05 Å². The Balaban J connectivity index is 2.33. The molecule has 198 valence electrons. The molecule has 0 heterocycles. The highest BCUT2D eigenvalue weighted by Gasteiger charge is 2.37. The number of aromatic hydroxyl groups is 2. The maximum Gasteiger partial charge on any atom is 0.129 e. The van der Waals surface area contributed by atoms with E-state index >= 15 is 0 Å². The van der Waals surface area contributed by atoms with Crippen LogP contribution in [-0.4, -0.2) is 10.2 Å². The summed E-state index contributed by atoms with van der Waals surface area (Å²) in [5.41, 5.74) is 4.09. The Morgan fingerprint density at radius 3 is 1.37 bits per heavy atom. The average Bonchev–Trinajstić information content (AvgIpc) is 2.85. The largest absolute Gasteiger partial charge is 0.507 e. The number of phenolic OH excluding ortho intramolecular Hbond substituents is 2. The number of rotatable bonds is 4. The topological polar surface area (TPSA) is 52.8 Å². The summed E-state index contributed by atoms with van der Waals surface area (Å²) >= 11 is 0. The summed E-state index contributed by atoms with van der Waals surface area (Å²) in [6.45, 7) is 16.8. The molecule has 2 N–H and O–H groups in total. The van der Waals surface area contributed by atoms with Crippen LogP contribution in [0.2, 0.25) is 0 Å². The highest BCUT2D eigenvalue weighted by molar-refractivity contribution is 7.87. The number of hydrogen-bond donors (Lipinski definition) is 2. The van der Waals surface area contributed by atoms with Crippen molar-refractivity contribution in [1.29, 1.82) is 0 Å². The molecule has 0 aromatic heterocycles. The van der Waals surface area contributed by atoms with Gasteiger partial charge in [0.25, 0.3) is 0 Å². The van der Waals surface area contributed by atoms with Crippen LogP contribution in [0.25, 0.3) is 0 Å². The Morgan fingerprint density at radius 2 is 0.974 bits per heavy atom. The Kier molecular flexibility index (Phi) is 7.38. The predicted octanol–water partition coefficient (Wildman–Crippen LogP) is 8.12. The molecule has 0 spiro atoms. The van der Waals surface area contributed by atoms with E-state index in [1.807, 2.05) is 48.5 Å². The van der Waals surface area contributed by atoms with Crippen LogP contribution in [0.15, 0.2) is 89.7 Å². The number of hydrogen-bond acceptors (Lipinski definition) is 3. The van der Waals surface area contributed by atoms with Crippen LogP contribution in [0.3, 0.4) is 0 Å². The summed E-state index contributed by atoms with van der Waals surface area (Å²) < 4.78 is 5.54. The molecule has 3 nitrogen and oxygen atoms in total. The summed E-state index contributed by atoms with van der Waals surface area (Å²) in [6, 6.07) is 28.4. The van der Waals surface area contributed by atoms with Crippen LogP contribution in [0.5, 0.6) is 11.5 Å². The molecule has 0 amide bonds. The van der Waals surface area contributed by atoms with Gasteiger partial charge in [-0.2, -0.15) is 0 Å². The average molecular weight is 526 g/mol. The van der Waals surface area contributed by atoms with Crippen molar-refractivity contribution < 1.29 is 10.2 Å². The Labute approximate surface area is 228 Å². The van der Waals surface area contributed by atoms with Gasteiger partial charge >= 0.3 is 0 Å². The summed E-state index contributed by atoms with van der Waals surface area (Å²) in [4.78, 5) is 0. The molecule has 0 saturated heterocycles. The van der Waals surface area contributed by atoms with E-state index in [0.717, 1.165) is 43.9 Å². The van der Waals surface area contributed by atoms with E-state index in [9.17, 15) is 10.2 Å². The molecule has 0 unspecified atom stereocenters. The number of nitrogens with zero attached hydrogens (tertiary/aromatic N) is 1. The first-order valence-corrected chi connectivity index (χ1v) is 14.9. The van der Waals surface area contributed by atoms with Crippen molar-refractivity contribution >= 4 is 28.7 Å². The van der Waals surface area contributed by atoms with Crippen LogP contribution in [0.4, 0.5) is 5.69 Å². The summed E-state index contributed by atoms with van der Waals surface area (Å²) in [6.07, 6.45) is 0. The van der Waals surface area contributed by atoms with Crippen molar-refractivity contribution in [1.82, 2.24) is 0 Å². The number of benzene rings is 4. The molecule has 0 atom stereocenters. The minimum atomic E-state index is -2.97. The molecule has 0 aliphatic carbocycles. The summed E-state index contributed by atoms with van der Waals surface area (Å²) in [5.74, 6) is 0.497. The molecular weight excluding hydrogens is 485 g/mol. The first kappa shape index (κ1) is 27.7. The van der Waals surface area contributed by atoms with E-state index in [1.165, 1.54) is 0 Å². The lowest BCUT2D eigenvalue weighted by atomic mass is 9.85. The fourth-order valence-electron chi connectivity index (χ4n) is 5.04. The van der Waals surface area contributed by atoms with Gasteiger partial charge in [0.05, 0.1) is 12.7 Å². The van der Waals surface area contributed by atoms with Crippen molar-refractivity contribution in [3.8, 4) is 11.5 Å². The van der Waals surface area contributed by atoms with Gasteiger partial charge in [-0.3, -0.25) is 4.74 Å². The molecule has 4 aromatic carbocycles. The SMILES string of the molecule is Cc1cc(C(C)(C)C)c(O)c(P(=Nc2ccccc2)(c2ccccc2)c2cc(C)cc(C(C)(C)C)c2O)c1. The molecule has 4 heteroatoms. The van der Waals surface area contributed by atoms with Gasteiger partial charge in [0.2, 0.25) is 0 Å². The lowest BCUT2D eigenvalue weighted by Crippen LogP contribution is -2.29.